The number of aryl methyl sites for hydroxylation is 4. The number of anilines is 1. The van der Waals surface area contributed by atoms with Gasteiger partial charge in [-0.1, -0.05) is 11.2 Å². The Labute approximate surface area is 125 Å². The number of sulfonamides is 1. The summed E-state index contributed by atoms with van der Waals surface area (Å²) in [6, 6.07) is 2.05. The molecule has 0 bridgehead atoms. The third kappa shape index (κ3) is 2.68. The van der Waals surface area contributed by atoms with Crippen LogP contribution in [0.2, 0.25) is 0 Å². The van der Waals surface area contributed by atoms with Crippen LogP contribution in [0.5, 0.6) is 0 Å². The minimum Gasteiger partial charge on any atom is -0.360 e. The van der Waals surface area contributed by atoms with Crippen molar-refractivity contribution in [3.8, 4) is 0 Å². The largest absolute Gasteiger partial charge is 0.360 e. The maximum absolute atomic E-state index is 12.6. The maximum atomic E-state index is 12.6. The number of rotatable bonds is 3. The average Bonchev–Trinajstić information content (AvgIpc) is 2.72. The Morgan fingerprint density at radius 1 is 1.00 bits per heavy atom. The molecule has 1 aromatic heterocycles. The van der Waals surface area contributed by atoms with Crippen LogP contribution < -0.4 is 4.72 Å². The van der Waals surface area contributed by atoms with E-state index in [1.807, 2.05) is 27.7 Å². The highest BCUT2D eigenvalue weighted by Crippen LogP contribution is 2.30. The molecule has 0 aliphatic carbocycles. The molecule has 21 heavy (non-hydrogen) atoms. The summed E-state index contributed by atoms with van der Waals surface area (Å²) in [7, 11) is -3.72. The molecule has 1 aromatic carbocycles. The average molecular weight is 308 g/mol. The first kappa shape index (κ1) is 15.6. The fourth-order valence-electron chi connectivity index (χ4n) is 2.41. The molecule has 5 nitrogen and oxygen atoms in total. The second kappa shape index (κ2) is 5.18. The highest BCUT2D eigenvalue weighted by atomic mass is 32.2. The number of benzene rings is 1. The molecule has 0 fully saturated rings. The minimum atomic E-state index is -3.72. The van der Waals surface area contributed by atoms with Crippen molar-refractivity contribution >= 4 is 15.7 Å². The van der Waals surface area contributed by atoms with E-state index in [2.05, 4.69) is 15.9 Å². The Morgan fingerprint density at radius 3 is 1.95 bits per heavy atom. The van der Waals surface area contributed by atoms with Gasteiger partial charge in [0, 0.05) is 0 Å². The van der Waals surface area contributed by atoms with E-state index < -0.39 is 10.0 Å². The molecule has 0 radical (unpaired) electrons. The number of aromatic nitrogens is 1. The van der Waals surface area contributed by atoms with Gasteiger partial charge >= 0.3 is 0 Å². The van der Waals surface area contributed by atoms with Crippen LogP contribution in [0.15, 0.2) is 15.5 Å². The third-order valence-corrected chi connectivity index (χ3v) is 5.43. The molecule has 0 amide bonds. The molecule has 114 valence electrons. The van der Waals surface area contributed by atoms with Gasteiger partial charge in [-0.25, -0.2) is 8.42 Å². The lowest BCUT2D eigenvalue weighted by atomic mass is 9.99. The number of hydrogen-bond donors (Lipinski definition) is 1. The molecule has 1 N–H and O–H groups in total. The van der Waals surface area contributed by atoms with Gasteiger partial charge in [-0.15, -0.1) is 0 Å². The molecule has 1 heterocycles. The summed E-state index contributed by atoms with van der Waals surface area (Å²) < 4.78 is 32.9. The van der Waals surface area contributed by atoms with Gasteiger partial charge < -0.3 is 4.52 Å². The summed E-state index contributed by atoms with van der Waals surface area (Å²) in [6.07, 6.45) is 0. The Hall–Kier alpha value is -1.82. The Kier molecular flexibility index (Phi) is 3.84. The van der Waals surface area contributed by atoms with Crippen molar-refractivity contribution in [3.05, 3.63) is 39.8 Å². The lowest BCUT2D eigenvalue weighted by molar-refractivity contribution is 0.390. The van der Waals surface area contributed by atoms with Gasteiger partial charge in [0.05, 0.1) is 5.69 Å². The lowest BCUT2D eigenvalue weighted by Gasteiger charge is -2.17. The predicted octanol–water partition coefficient (Wildman–Crippen LogP) is 3.33. The molecular weight excluding hydrogens is 288 g/mol. The van der Waals surface area contributed by atoms with Crippen molar-refractivity contribution in [2.45, 2.75) is 46.4 Å². The van der Waals surface area contributed by atoms with E-state index in [0.29, 0.717) is 17.1 Å². The molecule has 0 saturated heterocycles. The summed E-state index contributed by atoms with van der Waals surface area (Å²) in [5, 5.41) is 3.71. The van der Waals surface area contributed by atoms with E-state index in [9.17, 15) is 8.42 Å². The van der Waals surface area contributed by atoms with Gasteiger partial charge in [0.2, 0.25) is 0 Å². The first-order chi connectivity index (χ1) is 9.65. The van der Waals surface area contributed by atoms with E-state index in [0.717, 1.165) is 22.3 Å². The Morgan fingerprint density at radius 2 is 1.52 bits per heavy atom. The van der Waals surface area contributed by atoms with E-state index >= 15 is 0 Å². The van der Waals surface area contributed by atoms with Crippen LogP contribution in [0.4, 0.5) is 5.69 Å². The highest BCUT2D eigenvalue weighted by molar-refractivity contribution is 7.92. The Bertz CT molecular complexity index is 759. The van der Waals surface area contributed by atoms with Crippen LogP contribution in [-0.2, 0) is 10.0 Å². The summed E-state index contributed by atoms with van der Waals surface area (Å²) in [5.41, 5.74) is 4.94. The molecular formula is C15H20N2O3S. The van der Waals surface area contributed by atoms with E-state index in [1.54, 1.807) is 13.8 Å². The highest BCUT2D eigenvalue weighted by Gasteiger charge is 2.25. The van der Waals surface area contributed by atoms with E-state index in [-0.39, 0.29) is 4.90 Å². The molecule has 6 heteroatoms. The third-order valence-electron chi connectivity index (χ3n) is 3.84. The SMILES string of the molecule is Cc1cc(C)c(C)c(NS(=O)(=O)c2c(C)noc2C)c1C. The number of nitrogens with zero attached hydrogens (tertiary/aromatic N) is 1. The standard InChI is InChI=1S/C15H20N2O3S/c1-8-7-9(2)11(4)14(10(8)3)17-21(18,19)15-12(5)16-20-13(15)6/h7,17H,1-6H3. The molecule has 0 spiro atoms. The van der Waals surface area contributed by atoms with Gasteiger partial charge in [0.25, 0.3) is 10.0 Å². The summed E-state index contributed by atoms with van der Waals surface area (Å²) in [6.45, 7) is 11.0. The van der Waals surface area contributed by atoms with E-state index in [4.69, 9.17) is 4.52 Å². The van der Waals surface area contributed by atoms with Crippen LogP contribution >= 0.6 is 0 Å². The molecule has 2 aromatic rings. The van der Waals surface area contributed by atoms with Crippen molar-refractivity contribution in [2.24, 2.45) is 0 Å². The zero-order chi connectivity index (χ0) is 15.9. The fourth-order valence-corrected chi connectivity index (χ4v) is 3.93. The fraction of sp³-hybridized carbons (Fsp3) is 0.400. The van der Waals surface area contributed by atoms with Crippen LogP contribution in [0.25, 0.3) is 0 Å². The monoisotopic (exact) mass is 308 g/mol. The quantitative estimate of drug-likeness (QED) is 0.944. The van der Waals surface area contributed by atoms with Gasteiger partial charge in [-0.2, -0.15) is 0 Å². The molecule has 0 saturated carbocycles. The van der Waals surface area contributed by atoms with Crippen LogP contribution in [0.3, 0.4) is 0 Å². The normalized spacial score (nSPS) is 11.7. The van der Waals surface area contributed by atoms with Crippen LogP contribution in [-0.4, -0.2) is 13.6 Å². The van der Waals surface area contributed by atoms with Gasteiger partial charge in [-0.3, -0.25) is 4.72 Å². The van der Waals surface area contributed by atoms with Crippen LogP contribution in [0.1, 0.15) is 33.7 Å². The minimum absolute atomic E-state index is 0.112. The second-order valence-electron chi connectivity index (χ2n) is 5.39. The molecule has 2 rings (SSSR count). The van der Waals surface area contributed by atoms with Crippen molar-refractivity contribution in [2.75, 3.05) is 4.72 Å². The van der Waals surface area contributed by atoms with E-state index in [1.165, 1.54) is 0 Å². The van der Waals surface area contributed by atoms with Crippen molar-refractivity contribution in [3.63, 3.8) is 0 Å². The molecule has 0 atom stereocenters. The van der Waals surface area contributed by atoms with Crippen molar-refractivity contribution in [1.29, 1.82) is 0 Å². The van der Waals surface area contributed by atoms with Gasteiger partial charge in [0.1, 0.15) is 5.69 Å². The second-order valence-corrected chi connectivity index (χ2v) is 7.01. The van der Waals surface area contributed by atoms with Gasteiger partial charge in [0.15, 0.2) is 10.7 Å². The number of hydrogen-bond acceptors (Lipinski definition) is 4. The lowest BCUT2D eigenvalue weighted by Crippen LogP contribution is -2.16. The zero-order valence-electron chi connectivity index (χ0n) is 13.2. The first-order valence-electron chi connectivity index (χ1n) is 6.68. The number of nitrogens with one attached hydrogen (secondary N) is 1. The smallest absolute Gasteiger partial charge is 0.267 e. The van der Waals surface area contributed by atoms with Crippen molar-refractivity contribution < 1.29 is 12.9 Å². The van der Waals surface area contributed by atoms with Crippen LogP contribution in [0, 0.1) is 41.5 Å². The molecule has 0 unspecified atom stereocenters. The van der Waals surface area contributed by atoms with Gasteiger partial charge in [-0.05, 0) is 63.8 Å². The maximum Gasteiger partial charge on any atom is 0.267 e. The zero-order valence-corrected chi connectivity index (χ0v) is 14.0. The first-order valence-corrected chi connectivity index (χ1v) is 8.16. The molecule has 0 aliphatic rings. The predicted molar refractivity (Wildman–Crippen MR) is 82.2 cm³/mol. The topological polar surface area (TPSA) is 72.2 Å². The summed E-state index contributed by atoms with van der Waals surface area (Å²) >= 11 is 0. The summed E-state index contributed by atoms with van der Waals surface area (Å²) in [5.74, 6) is 0.291. The van der Waals surface area contributed by atoms with Crippen molar-refractivity contribution in [1.82, 2.24) is 5.16 Å². The summed E-state index contributed by atoms with van der Waals surface area (Å²) in [4.78, 5) is 0.112. The molecule has 0 aliphatic heterocycles. The Balaban J connectivity index is 2.57.